The van der Waals surface area contributed by atoms with Crippen LogP contribution in [0, 0.1) is 0 Å². The van der Waals surface area contributed by atoms with E-state index in [1.54, 1.807) is 0 Å². The lowest BCUT2D eigenvalue weighted by Crippen LogP contribution is -2.03. The fourth-order valence-electron chi connectivity index (χ4n) is 8.40. The number of aromatic nitrogens is 3. The minimum Gasteiger partial charge on any atom is -0.452 e. The normalized spacial score (nSPS) is 12.2. The van der Waals surface area contributed by atoms with E-state index in [0.717, 1.165) is 44.2 Å². The Labute approximate surface area is 306 Å². The first-order chi connectivity index (χ1) is 26.3. The van der Waals surface area contributed by atoms with Crippen molar-refractivity contribution in [3.05, 3.63) is 164 Å². The van der Waals surface area contributed by atoms with Gasteiger partial charge in [0.15, 0.2) is 5.58 Å². The van der Waals surface area contributed by atoms with Crippen LogP contribution in [0.2, 0.25) is 0 Å². The van der Waals surface area contributed by atoms with E-state index in [2.05, 4.69) is 150 Å². The minimum atomic E-state index is 0.622. The van der Waals surface area contributed by atoms with Crippen LogP contribution in [0.4, 0.5) is 0 Å². The van der Waals surface area contributed by atoms with Gasteiger partial charge < -0.3 is 4.42 Å². The lowest BCUT2D eigenvalue weighted by atomic mass is 9.99. The second kappa shape index (κ2) is 10.8. The topological polar surface area (TPSA) is 43.9 Å². The zero-order chi connectivity index (χ0) is 34.6. The van der Waals surface area contributed by atoms with Crippen molar-refractivity contribution in [1.29, 1.82) is 0 Å². The Morgan fingerprint density at radius 2 is 1.15 bits per heavy atom. The molecule has 8 aromatic carbocycles. The molecule has 0 aliphatic heterocycles. The van der Waals surface area contributed by atoms with Gasteiger partial charge in [0.1, 0.15) is 16.8 Å². The van der Waals surface area contributed by atoms with Crippen LogP contribution in [0.5, 0.6) is 0 Å². The van der Waals surface area contributed by atoms with Crippen LogP contribution in [-0.4, -0.2) is 14.5 Å². The van der Waals surface area contributed by atoms with Crippen molar-refractivity contribution in [3.8, 4) is 28.3 Å². The molecule has 0 N–H and O–H groups in total. The highest BCUT2D eigenvalue weighted by molar-refractivity contribution is 7.27. The summed E-state index contributed by atoms with van der Waals surface area (Å²) < 4.78 is 11.5. The molecule has 0 atom stereocenters. The van der Waals surface area contributed by atoms with Crippen LogP contribution in [0.25, 0.3) is 114 Å². The number of furan rings is 1. The monoisotopic (exact) mass is 693 g/mol. The molecule has 4 nitrogen and oxygen atoms in total. The SMILES string of the molecule is c1ccc(-c2ccc3cc(-c4nc(-n5c6ccccc6c6c7ccccc7c7sc8ccccc8c7c65)nc5c4oc4ccccc45)ccc3c2)cc1. The minimum absolute atomic E-state index is 0.622. The zero-order valence-corrected chi connectivity index (χ0v) is 29.1. The van der Waals surface area contributed by atoms with Crippen LogP contribution in [0.15, 0.2) is 168 Å². The largest absolute Gasteiger partial charge is 0.452 e. The summed E-state index contributed by atoms with van der Waals surface area (Å²) in [5.41, 5.74) is 8.63. The molecule has 246 valence electrons. The molecule has 5 heteroatoms. The van der Waals surface area contributed by atoms with Crippen molar-refractivity contribution in [2.45, 2.75) is 0 Å². The van der Waals surface area contributed by atoms with Gasteiger partial charge in [-0.1, -0.05) is 127 Å². The van der Waals surface area contributed by atoms with Crippen molar-refractivity contribution in [3.63, 3.8) is 0 Å². The van der Waals surface area contributed by atoms with E-state index in [1.807, 2.05) is 29.5 Å². The molecule has 4 heterocycles. The van der Waals surface area contributed by atoms with Gasteiger partial charge in [0.2, 0.25) is 5.95 Å². The van der Waals surface area contributed by atoms with Gasteiger partial charge in [-0.05, 0) is 63.7 Å². The van der Waals surface area contributed by atoms with Gasteiger partial charge in [-0.25, -0.2) is 9.97 Å². The number of nitrogens with zero attached hydrogens (tertiary/aromatic N) is 3. The Balaban J connectivity index is 1.21. The summed E-state index contributed by atoms with van der Waals surface area (Å²) in [4.78, 5) is 10.9. The summed E-state index contributed by atoms with van der Waals surface area (Å²) in [6, 6.07) is 58.2. The Morgan fingerprint density at radius 1 is 0.491 bits per heavy atom. The molecular weight excluding hydrogens is 667 g/mol. The van der Waals surface area contributed by atoms with Crippen LogP contribution < -0.4 is 0 Å². The standard InChI is InChI=1S/C48H27N3OS/c1-2-12-28(13-3-1)29-22-23-31-27-32(25-24-30(31)26-29)43-46-44(36-17-7-10-20-39(36)52-46)50-48(49-43)51-38-19-9-6-16-35(38)41-33-14-4-5-15-34(33)47-42(45(41)51)37-18-8-11-21-40(37)53-47/h1-27H. The van der Waals surface area contributed by atoms with Gasteiger partial charge in [0.05, 0.1) is 11.0 Å². The summed E-state index contributed by atoms with van der Waals surface area (Å²) in [7, 11) is 0. The molecule has 0 fully saturated rings. The third kappa shape index (κ3) is 4.11. The van der Waals surface area contributed by atoms with E-state index in [0.29, 0.717) is 11.5 Å². The van der Waals surface area contributed by atoms with Gasteiger partial charge in [-0.15, -0.1) is 11.3 Å². The Morgan fingerprint density at radius 3 is 2.00 bits per heavy atom. The second-order valence-corrected chi connectivity index (χ2v) is 14.8. The first-order valence-corrected chi connectivity index (χ1v) is 18.6. The third-order valence-electron chi connectivity index (χ3n) is 10.8. The van der Waals surface area contributed by atoms with E-state index in [4.69, 9.17) is 14.4 Å². The number of fused-ring (bicyclic) bond motifs is 14. The lowest BCUT2D eigenvalue weighted by molar-refractivity contribution is 0.666. The Hall–Kier alpha value is -6.82. The quantitative estimate of drug-likeness (QED) is 0.185. The van der Waals surface area contributed by atoms with Crippen molar-refractivity contribution in [1.82, 2.24) is 14.5 Å². The first-order valence-electron chi connectivity index (χ1n) is 17.8. The molecule has 0 bridgehead atoms. The number of para-hydroxylation sites is 2. The van der Waals surface area contributed by atoms with Crippen molar-refractivity contribution in [2.24, 2.45) is 0 Å². The average molecular weight is 694 g/mol. The van der Waals surface area contributed by atoms with Gasteiger partial charge >= 0.3 is 0 Å². The summed E-state index contributed by atoms with van der Waals surface area (Å²) in [6.45, 7) is 0. The van der Waals surface area contributed by atoms with Gasteiger partial charge in [-0.3, -0.25) is 4.57 Å². The first kappa shape index (κ1) is 28.8. The number of benzene rings is 8. The molecular formula is C48H27N3OS. The molecule has 0 aliphatic rings. The maximum atomic E-state index is 6.61. The average Bonchev–Trinajstić information content (AvgIpc) is 3.91. The van der Waals surface area contributed by atoms with E-state index >= 15 is 0 Å². The van der Waals surface area contributed by atoms with Gasteiger partial charge in [-0.2, -0.15) is 0 Å². The van der Waals surface area contributed by atoms with Crippen LogP contribution in [-0.2, 0) is 0 Å². The van der Waals surface area contributed by atoms with Crippen LogP contribution in [0.1, 0.15) is 0 Å². The molecule has 0 amide bonds. The highest BCUT2D eigenvalue weighted by Crippen LogP contribution is 2.48. The zero-order valence-electron chi connectivity index (χ0n) is 28.2. The fraction of sp³-hybridized carbons (Fsp3) is 0. The predicted molar refractivity (Wildman–Crippen MR) is 222 cm³/mol. The molecule has 0 saturated heterocycles. The molecule has 12 rings (SSSR count). The summed E-state index contributed by atoms with van der Waals surface area (Å²) in [6.07, 6.45) is 0. The van der Waals surface area contributed by atoms with Crippen molar-refractivity contribution >= 4 is 96.9 Å². The molecule has 53 heavy (non-hydrogen) atoms. The lowest BCUT2D eigenvalue weighted by Gasteiger charge is -2.12. The summed E-state index contributed by atoms with van der Waals surface area (Å²) >= 11 is 1.86. The highest BCUT2D eigenvalue weighted by atomic mass is 32.1. The number of hydrogen-bond donors (Lipinski definition) is 0. The smallest absolute Gasteiger partial charge is 0.236 e. The number of thiophene rings is 1. The van der Waals surface area contributed by atoms with E-state index in [9.17, 15) is 0 Å². The van der Waals surface area contributed by atoms with Crippen LogP contribution in [0.3, 0.4) is 0 Å². The molecule has 0 spiro atoms. The third-order valence-corrected chi connectivity index (χ3v) is 12.0. The highest BCUT2D eigenvalue weighted by Gasteiger charge is 2.25. The van der Waals surface area contributed by atoms with Gasteiger partial charge in [0, 0.05) is 47.3 Å². The van der Waals surface area contributed by atoms with Gasteiger partial charge in [0.25, 0.3) is 0 Å². The summed E-state index contributed by atoms with van der Waals surface area (Å²) in [5, 5.41) is 10.7. The Bertz CT molecular complexity index is 3460. The summed E-state index contributed by atoms with van der Waals surface area (Å²) in [5.74, 6) is 0.622. The van der Waals surface area contributed by atoms with E-state index in [-0.39, 0.29) is 0 Å². The maximum absolute atomic E-state index is 6.61. The molecule has 0 aliphatic carbocycles. The van der Waals surface area contributed by atoms with E-state index < -0.39 is 0 Å². The molecule has 0 saturated carbocycles. The number of rotatable bonds is 3. The second-order valence-electron chi connectivity index (χ2n) is 13.7. The Kier molecular flexibility index (Phi) is 5.90. The predicted octanol–water partition coefficient (Wildman–Crippen LogP) is 13.5. The van der Waals surface area contributed by atoms with Crippen molar-refractivity contribution in [2.75, 3.05) is 0 Å². The van der Waals surface area contributed by atoms with Crippen molar-refractivity contribution < 1.29 is 4.42 Å². The molecule has 4 aromatic heterocycles. The molecule has 0 radical (unpaired) electrons. The van der Waals surface area contributed by atoms with Crippen LogP contribution >= 0.6 is 11.3 Å². The fourth-order valence-corrected chi connectivity index (χ4v) is 9.65. The van der Waals surface area contributed by atoms with E-state index in [1.165, 1.54) is 58.2 Å². The number of hydrogen-bond acceptors (Lipinski definition) is 4. The molecule has 0 unspecified atom stereocenters. The molecule has 12 aromatic rings. The maximum Gasteiger partial charge on any atom is 0.236 e.